The predicted molar refractivity (Wildman–Crippen MR) is 74.5 cm³/mol. The fraction of sp³-hybridized carbons (Fsp3) is 0.571. The van der Waals surface area contributed by atoms with Gasteiger partial charge in [-0.25, -0.2) is 4.79 Å². The molecule has 0 unspecified atom stereocenters. The summed E-state index contributed by atoms with van der Waals surface area (Å²) < 4.78 is 0. The van der Waals surface area contributed by atoms with Gasteiger partial charge in [-0.2, -0.15) is 0 Å². The highest BCUT2D eigenvalue weighted by Gasteiger charge is 2.51. The Morgan fingerprint density at radius 2 is 2.11 bits per heavy atom. The Labute approximate surface area is 116 Å². The zero-order valence-electron chi connectivity index (χ0n) is 11.3. The zero-order valence-corrected chi connectivity index (χ0v) is 12.1. The van der Waals surface area contributed by atoms with Gasteiger partial charge in [0, 0.05) is 16.2 Å². The van der Waals surface area contributed by atoms with E-state index in [1.54, 1.807) is 11.3 Å². The molecule has 4 nitrogen and oxygen atoms in total. The minimum Gasteiger partial charge on any atom is -0.480 e. The summed E-state index contributed by atoms with van der Waals surface area (Å²) in [6, 6.07) is 2.16. The lowest BCUT2D eigenvalue weighted by Gasteiger charge is -2.12. The first-order chi connectivity index (χ1) is 8.93. The Morgan fingerprint density at radius 3 is 2.58 bits per heavy atom. The normalized spacial score (nSPS) is 16.1. The second-order valence-corrected chi connectivity index (χ2v) is 6.69. The van der Waals surface area contributed by atoms with Crippen LogP contribution in [-0.2, 0) is 16.0 Å². The minimum atomic E-state index is -0.952. The standard InChI is InChI=1S/C14H19NO3S/c1-9-8-11(10(2)19-9)4-3-5-12(16)15-14(6-7-14)13(17)18/h8H,3-7H2,1-2H3,(H,15,16)(H,17,18). The van der Waals surface area contributed by atoms with Crippen molar-refractivity contribution < 1.29 is 14.7 Å². The van der Waals surface area contributed by atoms with E-state index in [2.05, 4.69) is 25.2 Å². The number of thiophene rings is 1. The van der Waals surface area contributed by atoms with Gasteiger partial charge in [-0.3, -0.25) is 4.79 Å². The largest absolute Gasteiger partial charge is 0.480 e. The number of carbonyl (C=O) groups excluding carboxylic acids is 1. The average Bonchev–Trinajstić information content (AvgIpc) is 3.01. The number of carboxylic acids is 1. The molecule has 2 N–H and O–H groups in total. The van der Waals surface area contributed by atoms with E-state index in [-0.39, 0.29) is 5.91 Å². The van der Waals surface area contributed by atoms with Crippen LogP contribution in [0.25, 0.3) is 0 Å². The number of rotatable bonds is 6. The molecule has 19 heavy (non-hydrogen) atoms. The van der Waals surface area contributed by atoms with Crippen LogP contribution in [0.1, 0.15) is 41.0 Å². The molecular formula is C14H19NO3S. The van der Waals surface area contributed by atoms with Gasteiger partial charge in [0.1, 0.15) is 5.54 Å². The summed E-state index contributed by atoms with van der Waals surface area (Å²) >= 11 is 1.77. The number of aryl methyl sites for hydroxylation is 3. The van der Waals surface area contributed by atoms with Crippen LogP contribution in [0.4, 0.5) is 0 Å². The third-order valence-corrected chi connectivity index (χ3v) is 4.54. The molecule has 0 radical (unpaired) electrons. The van der Waals surface area contributed by atoms with E-state index in [4.69, 9.17) is 5.11 Å². The van der Waals surface area contributed by atoms with Crippen LogP contribution in [0.3, 0.4) is 0 Å². The quantitative estimate of drug-likeness (QED) is 0.841. The van der Waals surface area contributed by atoms with Gasteiger partial charge in [-0.05, 0) is 51.2 Å². The first-order valence-corrected chi connectivity index (χ1v) is 7.35. The molecule has 0 atom stereocenters. The summed E-state index contributed by atoms with van der Waals surface area (Å²) in [6.07, 6.45) is 3.14. The van der Waals surface area contributed by atoms with Crippen LogP contribution in [0.15, 0.2) is 6.07 Å². The van der Waals surface area contributed by atoms with E-state index >= 15 is 0 Å². The van der Waals surface area contributed by atoms with Crippen molar-refractivity contribution in [2.45, 2.75) is 51.5 Å². The van der Waals surface area contributed by atoms with E-state index in [1.165, 1.54) is 15.3 Å². The zero-order chi connectivity index (χ0) is 14.0. The van der Waals surface area contributed by atoms with E-state index in [1.807, 2.05) is 0 Å². The number of amides is 1. The van der Waals surface area contributed by atoms with Crippen molar-refractivity contribution in [2.24, 2.45) is 0 Å². The molecule has 1 aromatic heterocycles. The molecule has 0 saturated heterocycles. The van der Waals surface area contributed by atoms with Crippen molar-refractivity contribution in [3.05, 3.63) is 21.4 Å². The predicted octanol–water partition coefficient (Wildman–Crippen LogP) is 2.42. The minimum absolute atomic E-state index is 0.149. The summed E-state index contributed by atoms with van der Waals surface area (Å²) in [5, 5.41) is 11.6. The maximum atomic E-state index is 11.7. The van der Waals surface area contributed by atoms with Gasteiger partial charge < -0.3 is 10.4 Å². The van der Waals surface area contributed by atoms with Crippen molar-refractivity contribution in [1.82, 2.24) is 5.32 Å². The van der Waals surface area contributed by atoms with Gasteiger partial charge in [-0.15, -0.1) is 11.3 Å². The van der Waals surface area contributed by atoms with Crippen molar-refractivity contribution in [3.63, 3.8) is 0 Å². The van der Waals surface area contributed by atoms with E-state index in [0.29, 0.717) is 19.3 Å². The smallest absolute Gasteiger partial charge is 0.329 e. The molecule has 0 bridgehead atoms. The number of carbonyl (C=O) groups is 2. The summed E-state index contributed by atoms with van der Waals surface area (Å²) in [6.45, 7) is 4.17. The van der Waals surface area contributed by atoms with E-state index < -0.39 is 11.5 Å². The van der Waals surface area contributed by atoms with Gasteiger partial charge in [0.15, 0.2) is 0 Å². The number of nitrogens with one attached hydrogen (secondary N) is 1. The lowest BCUT2D eigenvalue weighted by Crippen LogP contribution is -2.42. The van der Waals surface area contributed by atoms with Crippen LogP contribution in [-0.4, -0.2) is 22.5 Å². The molecule has 1 aliphatic rings. The summed E-state index contributed by atoms with van der Waals surface area (Å²) in [7, 11) is 0. The SMILES string of the molecule is Cc1cc(CCCC(=O)NC2(C(=O)O)CC2)c(C)s1. The molecule has 0 aliphatic heterocycles. The van der Waals surface area contributed by atoms with E-state index in [0.717, 1.165) is 12.8 Å². The number of aliphatic carboxylic acids is 1. The molecule has 1 amide bonds. The Bertz CT molecular complexity index is 503. The topological polar surface area (TPSA) is 66.4 Å². The second kappa shape index (κ2) is 5.33. The third-order valence-electron chi connectivity index (χ3n) is 3.53. The van der Waals surface area contributed by atoms with Crippen molar-refractivity contribution in [2.75, 3.05) is 0 Å². The molecule has 1 saturated carbocycles. The Hall–Kier alpha value is -1.36. The monoisotopic (exact) mass is 281 g/mol. The number of hydrogen-bond acceptors (Lipinski definition) is 3. The Balaban J connectivity index is 1.76. The molecule has 104 valence electrons. The van der Waals surface area contributed by atoms with Gasteiger partial charge in [0.2, 0.25) is 5.91 Å². The van der Waals surface area contributed by atoms with Crippen LogP contribution in [0.2, 0.25) is 0 Å². The second-order valence-electron chi connectivity index (χ2n) is 5.23. The van der Waals surface area contributed by atoms with Crippen LogP contribution in [0, 0.1) is 13.8 Å². The molecule has 1 aromatic rings. The lowest BCUT2D eigenvalue weighted by atomic mass is 10.1. The fourth-order valence-corrected chi connectivity index (χ4v) is 3.19. The Morgan fingerprint density at radius 1 is 1.42 bits per heavy atom. The third kappa shape index (κ3) is 3.35. The summed E-state index contributed by atoms with van der Waals surface area (Å²) in [4.78, 5) is 25.3. The van der Waals surface area contributed by atoms with Gasteiger partial charge in [0.05, 0.1) is 0 Å². The number of carboxylic acid groups (broad SMARTS) is 1. The van der Waals surface area contributed by atoms with Crippen LogP contribution in [0.5, 0.6) is 0 Å². The van der Waals surface area contributed by atoms with Gasteiger partial charge >= 0.3 is 5.97 Å². The molecule has 0 spiro atoms. The Kier molecular flexibility index (Phi) is 3.94. The van der Waals surface area contributed by atoms with Crippen LogP contribution >= 0.6 is 11.3 Å². The van der Waals surface area contributed by atoms with E-state index in [9.17, 15) is 9.59 Å². The molecule has 1 aliphatic carbocycles. The van der Waals surface area contributed by atoms with Crippen molar-refractivity contribution in [1.29, 1.82) is 0 Å². The first kappa shape index (κ1) is 14.1. The lowest BCUT2D eigenvalue weighted by molar-refractivity contribution is -0.143. The average molecular weight is 281 g/mol. The highest BCUT2D eigenvalue weighted by molar-refractivity contribution is 7.12. The summed E-state index contributed by atoms with van der Waals surface area (Å²) in [5.41, 5.74) is 0.348. The highest BCUT2D eigenvalue weighted by Crippen LogP contribution is 2.35. The van der Waals surface area contributed by atoms with Crippen LogP contribution < -0.4 is 5.32 Å². The number of hydrogen-bond donors (Lipinski definition) is 2. The van der Waals surface area contributed by atoms with Crippen molar-refractivity contribution >= 4 is 23.2 Å². The molecular weight excluding hydrogens is 262 g/mol. The summed E-state index contributed by atoms with van der Waals surface area (Å²) in [5.74, 6) is -1.06. The van der Waals surface area contributed by atoms with Gasteiger partial charge in [-0.1, -0.05) is 0 Å². The maximum Gasteiger partial charge on any atom is 0.329 e. The highest BCUT2D eigenvalue weighted by atomic mass is 32.1. The first-order valence-electron chi connectivity index (χ1n) is 6.53. The maximum absolute atomic E-state index is 11.7. The molecule has 0 aromatic carbocycles. The fourth-order valence-electron chi connectivity index (χ4n) is 2.22. The molecule has 1 heterocycles. The van der Waals surface area contributed by atoms with Crippen molar-refractivity contribution in [3.8, 4) is 0 Å². The molecule has 1 fully saturated rings. The molecule has 5 heteroatoms. The molecule has 2 rings (SSSR count). The van der Waals surface area contributed by atoms with Gasteiger partial charge in [0.25, 0.3) is 0 Å².